The minimum Gasteiger partial charge on any atom is -0.445 e. The molecule has 0 bridgehead atoms. The van der Waals surface area contributed by atoms with Crippen LogP contribution in [-0.2, 0) is 41.6 Å². The molecule has 2 heterocycles. The lowest BCUT2D eigenvalue weighted by molar-refractivity contribution is -0.286. The molecule has 0 aromatic heterocycles. The molecular weight excluding hydrogens is 636 g/mol. The minimum atomic E-state index is -1.38. The number of rotatable bonds is 12. The second-order valence-electron chi connectivity index (χ2n) is 12.7. The summed E-state index contributed by atoms with van der Waals surface area (Å²) in [5.74, 6) is -0.349. The van der Waals surface area contributed by atoms with Crippen LogP contribution in [0.15, 0.2) is 72.8 Å². The Morgan fingerprint density at radius 1 is 0.735 bits per heavy atom. The largest absolute Gasteiger partial charge is 0.445 e. The fourth-order valence-corrected chi connectivity index (χ4v) is 6.33. The molecule has 1 saturated heterocycles. The van der Waals surface area contributed by atoms with Gasteiger partial charge in [0.2, 0.25) is 0 Å². The van der Waals surface area contributed by atoms with Gasteiger partial charge in [0.1, 0.15) is 43.7 Å². The third-order valence-corrected chi connectivity index (χ3v) is 9.11. The summed E-state index contributed by atoms with van der Waals surface area (Å²) < 4.78 is 35.6. The van der Waals surface area contributed by atoms with Crippen LogP contribution in [0.2, 0.25) is 0 Å². The molecule has 1 saturated carbocycles. The van der Waals surface area contributed by atoms with Crippen LogP contribution in [-0.4, -0.2) is 94.9 Å². The van der Waals surface area contributed by atoms with Crippen LogP contribution in [0.4, 0.5) is 9.59 Å². The molecule has 49 heavy (non-hydrogen) atoms. The van der Waals surface area contributed by atoms with Crippen LogP contribution >= 0.6 is 0 Å². The first kappa shape index (κ1) is 36.7. The summed E-state index contributed by atoms with van der Waals surface area (Å²) in [6.45, 7) is 5.75. The van der Waals surface area contributed by atoms with Gasteiger partial charge in [-0.25, -0.2) is 9.59 Å². The van der Waals surface area contributed by atoms with Gasteiger partial charge in [0.25, 0.3) is 0 Å². The molecule has 12 atom stereocenters. The number of aliphatic hydroxyl groups excluding tert-OH is 3. The lowest BCUT2D eigenvalue weighted by Gasteiger charge is -2.46. The van der Waals surface area contributed by atoms with Gasteiger partial charge < -0.3 is 54.4 Å². The summed E-state index contributed by atoms with van der Waals surface area (Å²) in [6, 6.07) is 16.9. The Kier molecular flexibility index (Phi) is 13.0. The molecule has 2 aromatic rings. The van der Waals surface area contributed by atoms with Crippen LogP contribution in [0.1, 0.15) is 51.2 Å². The molecule has 2 aliphatic heterocycles. The fraction of sp³-hybridized carbons (Fsp3) is 0.556. The van der Waals surface area contributed by atoms with Crippen LogP contribution in [0, 0.1) is 5.92 Å². The Bertz CT molecular complexity index is 1370. The molecule has 5 rings (SSSR count). The van der Waals surface area contributed by atoms with E-state index in [1.165, 1.54) is 0 Å². The van der Waals surface area contributed by atoms with Crippen LogP contribution < -0.4 is 10.6 Å². The maximum absolute atomic E-state index is 12.8. The van der Waals surface area contributed by atoms with E-state index in [-0.39, 0.29) is 31.7 Å². The van der Waals surface area contributed by atoms with Crippen molar-refractivity contribution in [2.75, 3.05) is 0 Å². The number of hydrogen-bond donors (Lipinski definition) is 5. The Balaban J connectivity index is 1.31. The second-order valence-corrected chi connectivity index (χ2v) is 12.7. The third kappa shape index (κ3) is 9.57. The molecule has 268 valence electrons. The first-order valence-electron chi connectivity index (χ1n) is 17.0. The highest BCUT2D eigenvalue weighted by atomic mass is 16.7. The Morgan fingerprint density at radius 3 is 1.90 bits per heavy atom. The van der Waals surface area contributed by atoms with Gasteiger partial charge in [0, 0.05) is 0 Å². The van der Waals surface area contributed by atoms with E-state index in [0.717, 1.165) is 11.1 Å². The number of carbonyl (C=O) groups excluding carboxylic acids is 2. The highest BCUT2D eigenvalue weighted by molar-refractivity contribution is 5.68. The second kappa shape index (κ2) is 17.4. The number of aliphatic hydroxyl groups is 3. The highest BCUT2D eigenvalue weighted by Gasteiger charge is 2.51. The average molecular weight is 685 g/mol. The molecule has 0 spiro atoms. The van der Waals surface area contributed by atoms with Crippen molar-refractivity contribution in [1.29, 1.82) is 0 Å². The van der Waals surface area contributed by atoms with E-state index < -0.39 is 73.5 Å². The fourth-order valence-electron chi connectivity index (χ4n) is 6.33. The summed E-state index contributed by atoms with van der Waals surface area (Å²) in [5, 5.41) is 38.5. The summed E-state index contributed by atoms with van der Waals surface area (Å²) >= 11 is 0. The van der Waals surface area contributed by atoms with Crippen molar-refractivity contribution < 1.29 is 53.3 Å². The number of hydrogen-bond acceptors (Lipinski definition) is 11. The SMILES string of the molecule is CCC1C=CC(NC(=O)OCc2ccccc2)C(OC2C(C)CC(NC(=O)OCc3ccccc3)C(O)C2OC2OC(CC)C(O)C2O)O1. The van der Waals surface area contributed by atoms with Gasteiger partial charge in [-0.05, 0) is 36.3 Å². The molecule has 3 aliphatic rings. The molecule has 2 fully saturated rings. The topological polar surface area (TPSA) is 174 Å². The van der Waals surface area contributed by atoms with Crippen molar-refractivity contribution in [1.82, 2.24) is 10.6 Å². The zero-order valence-corrected chi connectivity index (χ0v) is 28.0. The van der Waals surface area contributed by atoms with E-state index in [4.69, 9.17) is 28.4 Å². The lowest BCUT2D eigenvalue weighted by atomic mass is 9.80. The molecule has 0 radical (unpaired) electrons. The number of nitrogens with one attached hydrogen (secondary N) is 2. The number of alkyl carbamates (subject to hydrolysis) is 2. The Hall–Kier alpha value is -3.56. The first-order valence-corrected chi connectivity index (χ1v) is 17.0. The van der Waals surface area contributed by atoms with Crippen molar-refractivity contribution in [2.24, 2.45) is 5.92 Å². The number of ether oxygens (including phenoxy) is 6. The van der Waals surface area contributed by atoms with Gasteiger partial charge in [0.15, 0.2) is 12.6 Å². The van der Waals surface area contributed by atoms with E-state index in [2.05, 4.69) is 10.6 Å². The number of benzene rings is 2. The molecule has 13 nitrogen and oxygen atoms in total. The van der Waals surface area contributed by atoms with E-state index in [1.807, 2.05) is 87.5 Å². The average Bonchev–Trinajstić information content (AvgIpc) is 3.39. The van der Waals surface area contributed by atoms with E-state index >= 15 is 0 Å². The van der Waals surface area contributed by atoms with Crippen molar-refractivity contribution in [3.8, 4) is 0 Å². The maximum Gasteiger partial charge on any atom is 0.408 e. The molecule has 2 aromatic carbocycles. The van der Waals surface area contributed by atoms with Gasteiger partial charge in [-0.2, -0.15) is 0 Å². The summed E-state index contributed by atoms with van der Waals surface area (Å²) in [5.41, 5.74) is 1.64. The maximum atomic E-state index is 12.8. The number of carbonyl (C=O) groups is 2. The standard InChI is InChI=1S/C36H48N2O11/c1-4-24-16-17-25(37-35(42)44-19-22-12-8-6-9-13-22)33(46-24)48-31-21(3)18-26(38-36(43)45-20-23-14-10-7-11-15-23)28(39)32(31)49-34-30(41)29(40)27(5-2)47-34/h6-17,21,24-34,39-41H,4-5,18-20H2,1-3H3,(H,37,42)(H,38,43). The van der Waals surface area contributed by atoms with Gasteiger partial charge in [-0.3, -0.25) is 0 Å². The summed E-state index contributed by atoms with van der Waals surface area (Å²) in [6.07, 6.45) is -5.64. The Labute approximate surface area is 286 Å². The van der Waals surface area contributed by atoms with Gasteiger partial charge in [-0.1, -0.05) is 93.6 Å². The van der Waals surface area contributed by atoms with Crippen LogP contribution in [0.5, 0.6) is 0 Å². The molecule has 13 heteroatoms. The summed E-state index contributed by atoms with van der Waals surface area (Å²) in [4.78, 5) is 25.7. The van der Waals surface area contributed by atoms with Crippen molar-refractivity contribution in [3.05, 3.63) is 83.9 Å². The summed E-state index contributed by atoms with van der Waals surface area (Å²) in [7, 11) is 0. The first-order chi connectivity index (χ1) is 23.7. The van der Waals surface area contributed by atoms with E-state index in [9.17, 15) is 24.9 Å². The highest BCUT2D eigenvalue weighted by Crippen LogP contribution is 2.35. The quantitative estimate of drug-likeness (QED) is 0.208. The van der Waals surface area contributed by atoms with Gasteiger partial charge in [-0.15, -0.1) is 0 Å². The molecule has 5 N–H and O–H groups in total. The van der Waals surface area contributed by atoms with Crippen LogP contribution in [0.25, 0.3) is 0 Å². The third-order valence-electron chi connectivity index (χ3n) is 9.11. The predicted molar refractivity (Wildman–Crippen MR) is 176 cm³/mol. The van der Waals surface area contributed by atoms with E-state index in [0.29, 0.717) is 12.8 Å². The molecular formula is C36H48N2O11. The molecule has 2 amide bonds. The van der Waals surface area contributed by atoms with Crippen LogP contribution in [0.3, 0.4) is 0 Å². The van der Waals surface area contributed by atoms with Crippen molar-refractivity contribution >= 4 is 12.2 Å². The molecule has 1 aliphatic carbocycles. The Morgan fingerprint density at radius 2 is 1.33 bits per heavy atom. The zero-order valence-electron chi connectivity index (χ0n) is 28.0. The minimum absolute atomic E-state index is 0.0441. The van der Waals surface area contributed by atoms with Crippen molar-refractivity contribution in [2.45, 2.75) is 121 Å². The van der Waals surface area contributed by atoms with E-state index in [1.54, 1.807) is 6.08 Å². The van der Waals surface area contributed by atoms with Gasteiger partial charge in [0.05, 0.1) is 24.4 Å². The van der Waals surface area contributed by atoms with Gasteiger partial charge >= 0.3 is 12.2 Å². The van der Waals surface area contributed by atoms with Crippen molar-refractivity contribution in [3.63, 3.8) is 0 Å². The normalized spacial score (nSPS) is 34.2. The smallest absolute Gasteiger partial charge is 0.408 e. The lowest BCUT2D eigenvalue weighted by Crippen LogP contribution is -2.63. The monoisotopic (exact) mass is 684 g/mol. The zero-order chi connectivity index (χ0) is 34.9. The molecule has 12 unspecified atom stereocenters. The predicted octanol–water partition coefficient (Wildman–Crippen LogP) is 3.30. The number of amides is 2.